The van der Waals surface area contributed by atoms with E-state index in [1.807, 2.05) is 42.5 Å². The van der Waals surface area contributed by atoms with Crippen molar-refractivity contribution < 1.29 is 0 Å². The van der Waals surface area contributed by atoms with Crippen LogP contribution in [0.3, 0.4) is 0 Å². The molecule has 18 heavy (non-hydrogen) atoms. The first-order valence-corrected chi connectivity index (χ1v) is 5.69. The second-order valence-electron chi connectivity index (χ2n) is 3.69. The van der Waals surface area contributed by atoms with Gasteiger partial charge < -0.3 is 0 Å². The van der Waals surface area contributed by atoms with E-state index < -0.39 is 0 Å². The number of nitrogens with zero attached hydrogens (tertiary/aromatic N) is 3. The van der Waals surface area contributed by atoms with E-state index in [4.69, 9.17) is 17.1 Å². The maximum Gasteiger partial charge on any atom is 0.0412 e. The first kappa shape index (κ1) is 12.2. The zero-order valence-corrected chi connectivity index (χ0v) is 10.3. The molecular weight excluding hydrogens is 246 g/mol. The molecule has 2 aromatic carbocycles. The van der Waals surface area contributed by atoms with Crippen LogP contribution < -0.4 is 0 Å². The summed E-state index contributed by atoms with van der Waals surface area (Å²) in [7, 11) is 0. The Hall–Kier alpha value is -2.22. The summed E-state index contributed by atoms with van der Waals surface area (Å²) in [6, 6.07) is 15.2. The molecule has 0 aliphatic rings. The van der Waals surface area contributed by atoms with Crippen LogP contribution in [0.15, 0.2) is 60.2 Å². The Balaban J connectivity index is 2.61. The van der Waals surface area contributed by atoms with Crippen molar-refractivity contribution in [1.82, 2.24) is 0 Å². The fourth-order valence-corrected chi connectivity index (χ4v) is 1.90. The predicted molar refractivity (Wildman–Crippen MR) is 75.1 cm³/mol. The average molecular weight is 256 g/mol. The Bertz CT molecular complexity index is 629. The van der Waals surface area contributed by atoms with Gasteiger partial charge in [0, 0.05) is 15.6 Å². The van der Waals surface area contributed by atoms with Crippen molar-refractivity contribution in [1.29, 1.82) is 0 Å². The zero-order chi connectivity index (χ0) is 13.0. The lowest BCUT2D eigenvalue weighted by atomic mass is 9.98. The molecule has 0 fully saturated rings. The number of halogens is 1. The van der Waals surface area contributed by atoms with Gasteiger partial charge in [0.15, 0.2) is 0 Å². The first-order valence-electron chi connectivity index (χ1n) is 5.31. The molecule has 0 heterocycles. The molecule has 0 N–H and O–H groups in total. The van der Waals surface area contributed by atoms with E-state index >= 15 is 0 Å². The van der Waals surface area contributed by atoms with Crippen molar-refractivity contribution in [3.63, 3.8) is 0 Å². The van der Waals surface area contributed by atoms with Crippen molar-refractivity contribution in [2.75, 3.05) is 0 Å². The Kier molecular flexibility index (Phi) is 3.68. The molecule has 0 saturated heterocycles. The zero-order valence-electron chi connectivity index (χ0n) is 9.55. The highest BCUT2D eigenvalue weighted by molar-refractivity contribution is 6.31. The summed E-state index contributed by atoms with van der Waals surface area (Å²) in [4.78, 5) is 2.76. The summed E-state index contributed by atoms with van der Waals surface area (Å²) in [5.41, 5.74) is 11.6. The van der Waals surface area contributed by atoms with E-state index in [1.54, 1.807) is 6.07 Å². The summed E-state index contributed by atoms with van der Waals surface area (Å²) in [6.07, 6.45) is 0. The molecule has 88 valence electrons. The average Bonchev–Trinajstić information content (AvgIpc) is 2.40. The van der Waals surface area contributed by atoms with Crippen molar-refractivity contribution in [3.8, 4) is 11.1 Å². The number of hydrogen-bond donors (Lipinski definition) is 0. The van der Waals surface area contributed by atoms with Crippen LogP contribution in [0.5, 0.6) is 0 Å². The fourth-order valence-electron chi connectivity index (χ4n) is 1.73. The molecule has 0 aromatic heterocycles. The molecule has 0 saturated carbocycles. The topological polar surface area (TPSA) is 48.8 Å². The van der Waals surface area contributed by atoms with Gasteiger partial charge in [0.1, 0.15) is 0 Å². The molecule has 0 unspecified atom stereocenters. The van der Waals surface area contributed by atoms with Crippen LogP contribution in [0, 0.1) is 0 Å². The highest BCUT2D eigenvalue weighted by Crippen LogP contribution is 2.31. The summed E-state index contributed by atoms with van der Waals surface area (Å²) < 4.78 is 0. The molecule has 4 heteroatoms. The molecule has 0 radical (unpaired) electrons. The Morgan fingerprint density at radius 2 is 1.89 bits per heavy atom. The molecule has 3 nitrogen and oxygen atoms in total. The molecule has 0 bridgehead atoms. The van der Waals surface area contributed by atoms with Crippen LogP contribution in [0.4, 0.5) is 0 Å². The molecule has 2 rings (SSSR count). The van der Waals surface area contributed by atoms with Gasteiger partial charge in [0.05, 0.1) is 0 Å². The standard InChI is InChI=1S/C14H10ClN3/c1-10(17-18-16)13-8-7-12(15)9-14(13)11-5-3-2-4-6-11/h2-9H,1H2. The van der Waals surface area contributed by atoms with Crippen molar-refractivity contribution in [2.24, 2.45) is 5.11 Å². The normalized spacial score (nSPS) is 9.61. The van der Waals surface area contributed by atoms with Crippen molar-refractivity contribution >= 4 is 17.3 Å². The van der Waals surface area contributed by atoms with Gasteiger partial charge in [-0.15, -0.1) is 0 Å². The quantitative estimate of drug-likeness (QED) is 0.407. The Labute approximate surface area is 110 Å². The number of rotatable bonds is 3. The summed E-state index contributed by atoms with van der Waals surface area (Å²) in [5, 5.41) is 4.18. The van der Waals surface area contributed by atoms with Gasteiger partial charge in [-0.2, -0.15) is 0 Å². The number of benzene rings is 2. The molecule has 0 aliphatic carbocycles. The second-order valence-corrected chi connectivity index (χ2v) is 4.13. The summed E-state index contributed by atoms with van der Waals surface area (Å²) in [6.45, 7) is 3.77. The third kappa shape index (κ3) is 2.54. The molecule has 0 amide bonds. The maximum atomic E-state index is 8.49. The van der Waals surface area contributed by atoms with Crippen LogP contribution in [0.1, 0.15) is 5.56 Å². The largest absolute Gasteiger partial charge is 0.0889 e. The summed E-state index contributed by atoms with van der Waals surface area (Å²) >= 11 is 6.02. The smallest absolute Gasteiger partial charge is 0.0412 e. The first-order chi connectivity index (χ1) is 8.72. The van der Waals surface area contributed by atoms with E-state index in [0.717, 1.165) is 16.7 Å². The minimum atomic E-state index is 0.382. The lowest BCUT2D eigenvalue weighted by Gasteiger charge is -2.09. The van der Waals surface area contributed by atoms with Gasteiger partial charge in [0.25, 0.3) is 0 Å². The van der Waals surface area contributed by atoms with Crippen LogP contribution in [0.25, 0.3) is 27.3 Å². The minimum absolute atomic E-state index is 0.382. The van der Waals surface area contributed by atoms with E-state index in [-0.39, 0.29) is 0 Å². The van der Waals surface area contributed by atoms with Crippen LogP contribution >= 0.6 is 11.6 Å². The fraction of sp³-hybridized carbons (Fsp3) is 0. The van der Waals surface area contributed by atoms with Gasteiger partial charge in [-0.05, 0) is 34.4 Å². The van der Waals surface area contributed by atoms with E-state index in [9.17, 15) is 0 Å². The van der Waals surface area contributed by atoms with E-state index in [1.165, 1.54) is 0 Å². The number of azide groups is 1. The van der Waals surface area contributed by atoms with Crippen LogP contribution in [-0.2, 0) is 0 Å². The molecule has 0 atom stereocenters. The SMILES string of the molecule is C=C(N=[N+]=[N-])c1ccc(Cl)cc1-c1ccccc1. The van der Waals surface area contributed by atoms with Gasteiger partial charge in [-0.3, -0.25) is 0 Å². The monoisotopic (exact) mass is 255 g/mol. The molecule has 0 aliphatic heterocycles. The van der Waals surface area contributed by atoms with Crippen LogP contribution in [0.2, 0.25) is 5.02 Å². The van der Waals surface area contributed by atoms with Gasteiger partial charge in [-0.25, -0.2) is 0 Å². The Morgan fingerprint density at radius 1 is 1.17 bits per heavy atom. The van der Waals surface area contributed by atoms with Crippen molar-refractivity contribution in [2.45, 2.75) is 0 Å². The van der Waals surface area contributed by atoms with E-state index in [0.29, 0.717) is 10.7 Å². The third-order valence-corrected chi connectivity index (χ3v) is 2.78. The predicted octanol–water partition coefficient (Wildman–Crippen LogP) is 5.29. The second kappa shape index (κ2) is 5.41. The van der Waals surface area contributed by atoms with Crippen molar-refractivity contribution in [3.05, 3.63) is 76.1 Å². The van der Waals surface area contributed by atoms with Gasteiger partial charge >= 0.3 is 0 Å². The number of hydrogen-bond acceptors (Lipinski definition) is 1. The molecule has 2 aromatic rings. The maximum absolute atomic E-state index is 8.49. The minimum Gasteiger partial charge on any atom is -0.0889 e. The van der Waals surface area contributed by atoms with Gasteiger partial charge in [0.2, 0.25) is 0 Å². The lowest BCUT2D eigenvalue weighted by molar-refractivity contribution is 1.47. The third-order valence-electron chi connectivity index (χ3n) is 2.54. The molecule has 0 spiro atoms. The van der Waals surface area contributed by atoms with Gasteiger partial charge in [-0.1, -0.05) is 59.7 Å². The van der Waals surface area contributed by atoms with Crippen LogP contribution in [-0.4, -0.2) is 0 Å². The van der Waals surface area contributed by atoms with E-state index in [2.05, 4.69) is 16.6 Å². The Morgan fingerprint density at radius 3 is 2.56 bits per heavy atom. The highest BCUT2D eigenvalue weighted by Gasteiger charge is 2.07. The lowest BCUT2D eigenvalue weighted by Crippen LogP contribution is -1.86. The highest BCUT2D eigenvalue weighted by atomic mass is 35.5. The molecular formula is C14H10ClN3. The summed E-state index contributed by atoms with van der Waals surface area (Å²) in [5.74, 6) is 0.